The molecule has 3 nitrogen and oxygen atoms in total. The minimum atomic E-state index is 0.177. The third-order valence-electron chi connectivity index (χ3n) is 3.18. The van der Waals surface area contributed by atoms with Gasteiger partial charge in [0.05, 0.1) is 13.7 Å². The van der Waals surface area contributed by atoms with E-state index in [4.69, 9.17) is 9.47 Å². The number of ketones is 1. The second-order valence-corrected chi connectivity index (χ2v) is 5.82. The fraction of sp³-hybridized carbons (Fsp3) is 0.278. The van der Waals surface area contributed by atoms with Crippen LogP contribution in [-0.4, -0.2) is 25.3 Å². The van der Waals surface area contributed by atoms with Gasteiger partial charge >= 0.3 is 0 Å². The van der Waals surface area contributed by atoms with Crippen LogP contribution >= 0.6 is 11.8 Å². The van der Waals surface area contributed by atoms with E-state index < -0.39 is 0 Å². The average Bonchev–Trinajstić information content (AvgIpc) is 2.59. The average molecular weight is 316 g/mol. The van der Waals surface area contributed by atoms with Crippen LogP contribution in [0.25, 0.3) is 0 Å². The van der Waals surface area contributed by atoms with E-state index in [-0.39, 0.29) is 5.78 Å². The maximum atomic E-state index is 11.6. The number of carbonyl (C=O) groups is 1. The first-order valence-electron chi connectivity index (χ1n) is 7.26. The molecular weight excluding hydrogens is 296 g/mol. The molecule has 0 bridgehead atoms. The Kier molecular flexibility index (Phi) is 6.34. The van der Waals surface area contributed by atoms with Crippen molar-refractivity contribution in [3.8, 4) is 11.5 Å². The van der Waals surface area contributed by atoms with Crippen molar-refractivity contribution in [2.75, 3.05) is 19.5 Å². The maximum Gasteiger partial charge on any atom is 0.162 e. The SMILES string of the molecule is CCC(=O)c1ccc(SCCOc2ccccc2OC)cc1. The normalized spacial score (nSPS) is 10.3. The van der Waals surface area contributed by atoms with Gasteiger partial charge < -0.3 is 9.47 Å². The van der Waals surface area contributed by atoms with E-state index in [1.54, 1.807) is 18.9 Å². The first-order chi connectivity index (χ1) is 10.7. The van der Waals surface area contributed by atoms with Crippen LogP contribution in [0.5, 0.6) is 11.5 Å². The molecule has 0 N–H and O–H groups in total. The molecule has 22 heavy (non-hydrogen) atoms. The second kappa shape index (κ2) is 8.49. The highest BCUT2D eigenvalue weighted by Crippen LogP contribution is 2.26. The zero-order valence-corrected chi connectivity index (χ0v) is 13.7. The predicted molar refractivity (Wildman–Crippen MR) is 90.3 cm³/mol. The molecule has 0 saturated heterocycles. The van der Waals surface area contributed by atoms with Gasteiger partial charge in [0, 0.05) is 22.6 Å². The molecule has 0 saturated carbocycles. The van der Waals surface area contributed by atoms with Crippen molar-refractivity contribution in [3.05, 3.63) is 54.1 Å². The highest BCUT2D eigenvalue weighted by atomic mass is 32.2. The molecule has 0 aliphatic rings. The summed E-state index contributed by atoms with van der Waals surface area (Å²) in [5.41, 5.74) is 0.775. The Bertz CT molecular complexity index is 608. The van der Waals surface area contributed by atoms with Gasteiger partial charge in [-0.3, -0.25) is 4.79 Å². The number of thioether (sulfide) groups is 1. The molecule has 0 aliphatic heterocycles. The number of carbonyl (C=O) groups excluding carboxylic acids is 1. The van der Waals surface area contributed by atoms with Gasteiger partial charge in [0.2, 0.25) is 0 Å². The molecule has 0 radical (unpaired) electrons. The van der Waals surface area contributed by atoms with Gasteiger partial charge in [-0.15, -0.1) is 11.8 Å². The first-order valence-corrected chi connectivity index (χ1v) is 8.25. The Labute approximate surface area is 135 Å². The molecule has 0 amide bonds. The van der Waals surface area contributed by atoms with Crippen molar-refractivity contribution in [1.82, 2.24) is 0 Å². The number of benzene rings is 2. The van der Waals surface area contributed by atoms with Gasteiger partial charge in [0.15, 0.2) is 17.3 Å². The molecule has 0 unspecified atom stereocenters. The first kappa shape index (κ1) is 16.4. The summed E-state index contributed by atoms with van der Waals surface area (Å²) < 4.78 is 11.0. The molecule has 0 fully saturated rings. The summed E-state index contributed by atoms with van der Waals surface area (Å²) >= 11 is 1.70. The Hall–Kier alpha value is -1.94. The van der Waals surface area contributed by atoms with Crippen LogP contribution in [0.2, 0.25) is 0 Å². The summed E-state index contributed by atoms with van der Waals surface area (Å²) in [6, 6.07) is 15.4. The zero-order chi connectivity index (χ0) is 15.8. The summed E-state index contributed by atoms with van der Waals surface area (Å²) in [5.74, 6) is 2.51. The monoisotopic (exact) mass is 316 g/mol. The van der Waals surface area contributed by atoms with E-state index in [1.807, 2.05) is 55.5 Å². The minimum Gasteiger partial charge on any atom is -0.493 e. The molecule has 4 heteroatoms. The van der Waals surface area contributed by atoms with E-state index in [9.17, 15) is 4.79 Å². The highest BCUT2D eigenvalue weighted by molar-refractivity contribution is 7.99. The van der Waals surface area contributed by atoms with E-state index in [1.165, 1.54) is 0 Å². The van der Waals surface area contributed by atoms with Gasteiger partial charge in [-0.1, -0.05) is 31.2 Å². The Morgan fingerprint density at radius 3 is 2.36 bits per heavy atom. The van der Waals surface area contributed by atoms with Crippen LogP contribution in [0.3, 0.4) is 0 Å². The van der Waals surface area contributed by atoms with Gasteiger partial charge in [0.1, 0.15) is 0 Å². The zero-order valence-electron chi connectivity index (χ0n) is 12.9. The maximum absolute atomic E-state index is 11.6. The van der Waals surface area contributed by atoms with E-state index >= 15 is 0 Å². The smallest absolute Gasteiger partial charge is 0.162 e. The van der Waals surface area contributed by atoms with Gasteiger partial charge in [-0.25, -0.2) is 0 Å². The standard InChI is InChI=1S/C18H20O3S/c1-3-16(19)14-8-10-15(11-9-14)22-13-12-21-18-7-5-4-6-17(18)20-2/h4-11H,3,12-13H2,1-2H3. The van der Waals surface area contributed by atoms with Crippen molar-refractivity contribution in [2.45, 2.75) is 18.2 Å². The number of ether oxygens (including phenoxy) is 2. The summed E-state index contributed by atoms with van der Waals surface area (Å²) in [6.07, 6.45) is 0.541. The molecule has 2 aromatic carbocycles. The lowest BCUT2D eigenvalue weighted by molar-refractivity contribution is 0.0988. The molecule has 0 atom stereocenters. The quantitative estimate of drug-likeness (QED) is 0.409. The fourth-order valence-electron chi connectivity index (χ4n) is 1.99. The van der Waals surface area contributed by atoms with Gasteiger partial charge in [-0.05, 0) is 24.3 Å². The van der Waals surface area contributed by atoms with Crippen molar-refractivity contribution in [2.24, 2.45) is 0 Å². The van der Waals surface area contributed by atoms with Crippen LogP contribution in [-0.2, 0) is 0 Å². The number of hydrogen-bond donors (Lipinski definition) is 0. The van der Waals surface area contributed by atoms with Crippen LogP contribution in [0, 0.1) is 0 Å². The van der Waals surface area contributed by atoms with E-state index in [0.29, 0.717) is 13.0 Å². The molecule has 0 aliphatic carbocycles. The van der Waals surface area contributed by atoms with E-state index in [2.05, 4.69) is 0 Å². The Morgan fingerprint density at radius 2 is 1.73 bits per heavy atom. The lowest BCUT2D eigenvalue weighted by Gasteiger charge is -2.10. The number of rotatable bonds is 8. The van der Waals surface area contributed by atoms with E-state index in [0.717, 1.165) is 27.7 Å². The van der Waals surface area contributed by atoms with Crippen molar-refractivity contribution >= 4 is 17.5 Å². The highest BCUT2D eigenvalue weighted by Gasteiger charge is 2.04. The molecule has 0 spiro atoms. The van der Waals surface area contributed by atoms with Crippen molar-refractivity contribution < 1.29 is 14.3 Å². The third kappa shape index (κ3) is 4.53. The van der Waals surface area contributed by atoms with Crippen LogP contribution < -0.4 is 9.47 Å². The predicted octanol–water partition coefficient (Wildman–Crippen LogP) is 4.46. The number of hydrogen-bond acceptors (Lipinski definition) is 4. The molecule has 2 aromatic rings. The largest absolute Gasteiger partial charge is 0.493 e. The van der Waals surface area contributed by atoms with Crippen molar-refractivity contribution in [1.29, 1.82) is 0 Å². The molecule has 2 rings (SSSR count). The molecular formula is C18H20O3S. The van der Waals surface area contributed by atoms with Crippen LogP contribution in [0.4, 0.5) is 0 Å². The minimum absolute atomic E-state index is 0.177. The van der Waals surface area contributed by atoms with Crippen LogP contribution in [0.1, 0.15) is 23.7 Å². The van der Waals surface area contributed by atoms with Gasteiger partial charge in [0.25, 0.3) is 0 Å². The lowest BCUT2D eigenvalue weighted by atomic mass is 10.1. The number of Topliss-reactive ketones (excluding diaryl/α,β-unsaturated/α-hetero) is 1. The molecule has 0 heterocycles. The molecule has 0 aromatic heterocycles. The third-order valence-corrected chi connectivity index (χ3v) is 4.15. The number of para-hydroxylation sites is 2. The Balaban J connectivity index is 1.80. The van der Waals surface area contributed by atoms with Crippen LogP contribution in [0.15, 0.2) is 53.4 Å². The fourth-order valence-corrected chi connectivity index (χ4v) is 2.72. The summed E-state index contributed by atoms with van der Waals surface area (Å²) in [6.45, 7) is 2.47. The topological polar surface area (TPSA) is 35.5 Å². The lowest BCUT2D eigenvalue weighted by Crippen LogP contribution is -2.01. The van der Waals surface area contributed by atoms with Gasteiger partial charge in [-0.2, -0.15) is 0 Å². The Morgan fingerprint density at radius 1 is 1.05 bits per heavy atom. The van der Waals surface area contributed by atoms with Crippen molar-refractivity contribution in [3.63, 3.8) is 0 Å². The molecule has 116 valence electrons. The summed E-state index contributed by atoms with van der Waals surface area (Å²) in [4.78, 5) is 12.7. The summed E-state index contributed by atoms with van der Waals surface area (Å²) in [7, 11) is 1.64. The summed E-state index contributed by atoms with van der Waals surface area (Å²) in [5, 5.41) is 0. The second-order valence-electron chi connectivity index (χ2n) is 4.65. The number of methoxy groups -OCH3 is 1.